The first kappa shape index (κ1) is 15.8. The first-order valence-corrected chi connectivity index (χ1v) is 7.06. The number of hydrogen-bond acceptors (Lipinski definition) is 3. The molecule has 0 aromatic heterocycles. The van der Waals surface area contributed by atoms with Crippen LogP contribution in [0.5, 0.6) is 0 Å². The quantitative estimate of drug-likeness (QED) is 0.495. The van der Waals surface area contributed by atoms with Crippen molar-refractivity contribution in [1.82, 2.24) is 4.90 Å². The van der Waals surface area contributed by atoms with Crippen LogP contribution in [0.15, 0.2) is 23.2 Å². The van der Waals surface area contributed by atoms with Crippen molar-refractivity contribution in [1.29, 1.82) is 5.26 Å². The number of halogens is 1. The number of amides is 1. The third kappa shape index (κ3) is 2.86. The Hall–Kier alpha value is -2.62. The van der Waals surface area contributed by atoms with Crippen LogP contribution in [0, 0.1) is 23.2 Å². The van der Waals surface area contributed by atoms with Crippen LogP contribution in [0.1, 0.15) is 25.8 Å². The molecule has 1 aliphatic rings. The fraction of sp³-hybridized carbons (Fsp3) is 0.400. The molecule has 2 rings (SSSR count). The van der Waals surface area contributed by atoms with Gasteiger partial charge in [0, 0.05) is 11.3 Å². The van der Waals surface area contributed by atoms with Crippen molar-refractivity contribution in [2.75, 3.05) is 5.32 Å². The lowest BCUT2D eigenvalue weighted by atomic mass is 9.97. The van der Waals surface area contributed by atoms with Crippen LogP contribution in [0.3, 0.4) is 0 Å². The van der Waals surface area contributed by atoms with E-state index in [1.165, 1.54) is 17.0 Å². The molecule has 0 bridgehead atoms. The topological polar surface area (TPSA) is 94.5 Å². The maximum atomic E-state index is 14.1. The van der Waals surface area contributed by atoms with Gasteiger partial charge in [0.05, 0.1) is 6.54 Å². The Morgan fingerprint density at radius 2 is 2.41 bits per heavy atom. The highest BCUT2D eigenvalue weighted by Gasteiger charge is 2.35. The van der Waals surface area contributed by atoms with E-state index < -0.39 is 11.9 Å². The van der Waals surface area contributed by atoms with Gasteiger partial charge in [-0.3, -0.25) is 4.79 Å². The molecule has 1 aliphatic heterocycles. The molecular formula is C15H18FN5O. The summed E-state index contributed by atoms with van der Waals surface area (Å²) in [7, 11) is 0. The minimum atomic E-state index is -0.617. The molecule has 0 radical (unpaired) electrons. The van der Waals surface area contributed by atoms with Gasteiger partial charge in [-0.25, -0.2) is 4.39 Å². The second-order valence-corrected chi connectivity index (χ2v) is 5.28. The standard InChI is InChI=1S/C15H18FN5O/c1-3-9(2)13-14(22)20-12-6-4-5-11(16)10(12)7-21(13)15(18)19-8-17/h4-6,9,13H,3,7H2,1-2H3,(H2,18,19)(H,20,22). The van der Waals surface area contributed by atoms with Gasteiger partial charge in [0.1, 0.15) is 11.9 Å². The summed E-state index contributed by atoms with van der Waals surface area (Å²) in [5.74, 6) is -0.837. The summed E-state index contributed by atoms with van der Waals surface area (Å²) in [5, 5.41) is 11.5. The lowest BCUT2D eigenvalue weighted by Gasteiger charge is -2.32. The van der Waals surface area contributed by atoms with Crippen molar-refractivity contribution in [2.45, 2.75) is 32.9 Å². The van der Waals surface area contributed by atoms with E-state index in [0.29, 0.717) is 11.3 Å². The summed E-state index contributed by atoms with van der Waals surface area (Å²) in [6.07, 6.45) is 2.34. The fourth-order valence-corrected chi connectivity index (χ4v) is 2.58. The minimum absolute atomic E-state index is 0.0372. The maximum absolute atomic E-state index is 14.1. The molecule has 3 N–H and O–H groups in total. The van der Waals surface area contributed by atoms with Gasteiger partial charge in [-0.05, 0) is 18.1 Å². The first-order valence-electron chi connectivity index (χ1n) is 7.06. The van der Waals surface area contributed by atoms with Crippen LogP contribution in [0.25, 0.3) is 0 Å². The summed E-state index contributed by atoms with van der Waals surface area (Å²) in [4.78, 5) is 17.5. The van der Waals surface area contributed by atoms with Gasteiger partial charge < -0.3 is 16.0 Å². The molecule has 1 heterocycles. The van der Waals surface area contributed by atoms with E-state index in [-0.39, 0.29) is 24.3 Å². The van der Waals surface area contributed by atoms with Gasteiger partial charge in [0.2, 0.25) is 18.1 Å². The van der Waals surface area contributed by atoms with Crippen LogP contribution in [-0.2, 0) is 11.3 Å². The summed E-state index contributed by atoms with van der Waals surface area (Å²) in [5.41, 5.74) is 6.58. The maximum Gasteiger partial charge on any atom is 0.247 e. The molecule has 0 spiro atoms. The van der Waals surface area contributed by atoms with Crippen molar-refractivity contribution in [2.24, 2.45) is 16.6 Å². The monoisotopic (exact) mass is 303 g/mol. The molecule has 116 valence electrons. The molecule has 2 atom stereocenters. The number of nitrogens with two attached hydrogens (primary N) is 1. The first-order chi connectivity index (χ1) is 10.5. The second-order valence-electron chi connectivity index (χ2n) is 5.28. The predicted molar refractivity (Wildman–Crippen MR) is 81.1 cm³/mol. The summed E-state index contributed by atoms with van der Waals surface area (Å²) >= 11 is 0. The number of fused-ring (bicyclic) bond motifs is 1. The minimum Gasteiger partial charge on any atom is -0.369 e. The van der Waals surface area contributed by atoms with Gasteiger partial charge in [0.25, 0.3) is 0 Å². The molecule has 1 aromatic carbocycles. The highest BCUT2D eigenvalue weighted by Crippen LogP contribution is 2.28. The molecular weight excluding hydrogens is 285 g/mol. The van der Waals surface area contributed by atoms with Gasteiger partial charge >= 0.3 is 0 Å². The number of nitrogens with zero attached hydrogens (tertiary/aromatic N) is 3. The van der Waals surface area contributed by atoms with E-state index in [0.717, 1.165) is 6.42 Å². The predicted octanol–water partition coefficient (Wildman–Crippen LogP) is 1.79. The van der Waals surface area contributed by atoms with Crippen molar-refractivity contribution in [3.8, 4) is 6.19 Å². The van der Waals surface area contributed by atoms with E-state index in [1.807, 2.05) is 13.8 Å². The number of anilines is 1. The van der Waals surface area contributed by atoms with E-state index >= 15 is 0 Å². The highest BCUT2D eigenvalue weighted by molar-refractivity contribution is 5.99. The normalized spacial score (nSPS) is 19.7. The number of carbonyl (C=O) groups is 1. The Morgan fingerprint density at radius 3 is 3.05 bits per heavy atom. The molecule has 0 fully saturated rings. The van der Waals surface area contributed by atoms with Crippen LogP contribution < -0.4 is 11.1 Å². The van der Waals surface area contributed by atoms with Gasteiger partial charge in [-0.1, -0.05) is 26.3 Å². The van der Waals surface area contributed by atoms with Gasteiger partial charge in [-0.2, -0.15) is 5.26 Å². The number of carbonyl (C=O) groups excluding carboxylic acids is 1. The van der Waals surface area contributed by atoms with E-state index in [1.54, 1.807) is 12.3 Å². The Balaban J connectivity index is 2.54. The van der Waals surface area contributed by atoms with E-state index in [2.05, 4.69) is 10.3 Å². The number of nitriles is 1. The summed E-state index contributed by atoms with van der Waals surface area (Å²) in [6, 6.07) is 3.89. The molecule has 22 heavy (non-hydrogen) atoms. The SMILES string of the molecule is CCC(C)C1C(=O)Nc2cccc(F)c2CN1C(N)=NC#N. The molecule has 0 aliphatic carbocycles. The van der Waals surface area contributed by atoms with Crippen LogP contribution in [0.2, 0.25) is 0 Å². The number of hydrogen-bond donors (Lipinski definition) is 2. The average Bonchev–Trinajstić information content (AvgIpc) is 2.63. The largest absolute Gasteiger partial charge is 0.369 e. The molecule has 0 saturated heterocycles. The lowest BCUT2D eigenvalue weighted by Crippen LogP contribution is -2.51. The molecule has 0 saturated carbocycles. The average molecular weight is 303 g/mol. The van der Waals surface area contributed by atoms with Crippen molar-refractivity contribution >= 4 is 17.6 Å². The highest BCUT2D eigenvalue weighted by atomic mass is 19.1. The zero-order valence-electron chi connectivity index (χ0n) is 12.5. The number of benzene rings is 1. The summed E-state index contributed by atoms with van der Waals surface area (Å²) < 4.78 is 14.1. The third-order valence-corrected chi connectivity index (χ3v) is 3.95. The van der Waals surface area contributed by atoms with E-state index in [4.69, 9.17) is 11.0 Å². The Morgan fingerprint density at radius 1 is 1.68 bits per heavy atom. The van der Waals surface area contributed by atoms with E-state index in [9.17, 15) is 9.18 Å². The van der Waals surface area contributed by atoms with Gasteiger partial charge in [-0.15, -0.1) is 4.99 Å². The fourth-order valence-electron chi connectivity index (χ4n) is 2.58. The summed E-state index contributed by atoms with van der Waals surface area (Å²) in [6.45, 7) is 3.93. The second kappa shape index (κ2) is 6.43. The van der Waals surface area contributed by atoms with Crippen molar-refractivity contribution < 1.29 is 9.18 Å². The van der Waals surface area contributed by atoms with Crippen LogP contribution in [0.4, 0.5) is 10.1 Å². The third-order valence-electron chi connectivity index (χ3n) is 3.95. The molecule has 1 amide bonds. The Bertz CT molecular complexity index is 652. The molecule has 2 unspecified atom stereocenters. The number of guanidine groups is 1. The zero-order valence-corrected chi connectivity index (χ0v) is 12.5. The molecule has 7 heteroatoms. The van der Waals surface area contributed by atoms with Crippen molar-refractivity contribution in [3.63, 3.8) is 0 Å². The Kier molecular flexibility index (Phi) is 4.61. The lowest BCUT2D eigenvalue weighted by molar-refractivity contribution is -0.121. The Labute approximate surface area is 128 Å². The van der Waals surface area contributed by atoms with Crippen LogP contribution >= 0.6 is 0 Å². The zero-order chi connectivity index (χ0) is 16.3. The number of aliphatic imine (C=N–C) groups is 1. The number of rotatable bonds is 2. The smallest absolute Gasteiger partial charge is 0.247 e. The number of nitrogens with one attached hydrogen (secondary N) is 1. The van der Waals surface area contributed by atoms with Crippen molar-refractivity contribution in [3.05, 3.63) is 29.6 Å². The van der Waals surface area contributed by atoms with Gasteiger partial charge in [0.15, 0.2) is 0 Å². The molecule has 1 aromatic rings. The molecule has 6 nitrogen and oxygen atoms in total. The van der Waals surface area contributed by atoms with Crippen LogP contribution in [-0.4, -0.2) is 22.8 Å².